The van der Waals surface area contributed by atoms with E-state index >= 15 is 0 Å². The molecule has 0 aliphatic carbocycles. The van der Waals surface area contributed by atoms with E-state index in [4.69, 9.17) is 4.52 Å². The summed E-state index contributed by atoms with van der Waals surface area (Å²) in [5, 5.41) is 6.51. The number of aromatic nitrogens is 2. The molecule has 116 valence electrons. The van der Waals surface area contributed by atoms with Gasteiger partial charge in [0.05, 0.1) is 0 Å². The molecule has 0 spiro atoms. The summed E-state index contributed by atoms with van der Waals surface area (Å²) >= 11 is 0. The van der Waals surface area contributed by atoms with Crippen LogP contribution in [0.15, 0.2) is 4.52 Å². The van der Waals surface area contributed by atoms with Crippen molar-refractivity contribution in [3.8, 4) is 0 Å². The smallest absolute Gasteiger partial charge is 0.325 e. The minimum atomic E-state index is -0.785. The maximum absolute atomic E-state index is 12.4. The van der Waals surface area contributed by atoms with Gasteiger partial charge < -0.3 is 9.84 Å². The van der Waals surface area contributed by atoms with Crippen molar-refractivity contribution in [2.75, 3.05) is 6.54 Å². The third-order valence-electron chi connectivity index (χ3n) is 3.50. The zero-order valence-corrected chi connectivity index (χ0v) is 13.0. The molecule has 1 aromatic rings. The van der Waals surface area contributed by atoms with Crippen LogP contribution in [0.2, 0.25) is 0 Å². The van der Waals surface area contributed by atoms with E-state index in [1.165, 1.54) is 4.90 Å². The Hall–Kier alpha value is -1.92. The second-order valence-electron chi connectivity index (χ2n) is 6.16. The lowest BCUT2D eigenvalue weighted by atomic mass is 9.91. The zero-order chi connectivity index (χ0) is 15.6. The molecule has 1 aliphatic heterocycles. The van der Waals surface area contributed by atoms with Crippen LogP contribution >= 0.6 is 0 Å². The van der Waals surface area contributed by atoms with Crippen molar-refractivity contribution >= 4 is 11.9 Å². The fraction of sp³-hybridized carbons (Fsp3) is 0.714. The van der Waals surface area contributed by atoms with E-state index in [0.29, 0.717) is 43.4 Å². The van der Waals surface area contributed by atoms with E-state index in [1.807, 2.05) is 13.8 Å². The molecule has 2 heterocycles. The van der Waals surface area contributed by atoms with Crippen LogP contribution in [0.5, 0.6) is 0 Å². The predicted octanol–water partition coefficient (Wildman–Crippen LogP) is 1.67. The monoisotopic (exact) mass is 294 g/mol. The first-order chi connectivity index (χ1) is 9.82. The first-order valence-corrected chi connectivity index (χ1v) is 7.25. The first kappa shape index (κ1) is 15.5. The second kappa shape index (κ2) is 5.83. The highest BCUT2D eigenvalue weighted by atomic mass is 16.5. The number of carbonyl (C=O) groups is 2. The van der Waals surface area contributed by atoms with Gasteiger partial charge in [-0.15, -0.1) is 0 Å². The maximum Gasteiger partial charge on any atom is 0.325 e. The number of nitrogens with one attached hydrogen (secondary N) is 1. The Kier molecular flexibility index (Phi) is 4.29. The van der Waals surface area contributed by atoms with Gasteiger partial charge in [-0.05, 0) is 32.6 Å². The van der Waals surface area contributed by atoms with Crippen LogP contribution in [-0.2, 0) is 11.2 Å². The van der Waals surface area contributed by atoms with Gasteiger partial charge in [0.25, 0.3) is 5.91 Å². The van der Waals surface area contributed by atoms with Crippen molar-refractivity contribution in [3.63, 3.8) is 0 Å². The molecule has 7 nitrogen and oxygen atoms in total. The number of hydrogen-bond acceptors (Lipinski definition) is 5. The SMILES string of the molecule is Cc1noc(CCCN2C(=O)N[C@](C)(CC(C)C)C2=O)n1. The standard InChI is InChI=1S/C14H22N4O3/c1-9(2)8-14(4)12(19)18(13(20)16-14)7-5-6-11-15-10(3)17-21-11/h9H,5-8H2,1-4H3,(H,16,20)/t14-/m1/s1. The summed E-state index contributed by atoms with van der Waals surface area (Å²) in [4.78, 5) is 29.8. The van der Waals surface area contributed by atoms with Crippen LogP contribution in [0.1, 0.15) is 45.3 Å². The average Bonchev–Trinajstić information content (AvgIpc) is 2.85. The number of carbonyl (C=O) groups excluding carboxylic acids is 2. The van der Waals surface area contributed by atoms with Crippen molar-refractivity contribution in [3.05, 3.63) is 11.7 Å². The number of amides is 3. The molecule has 0 unspecified atom stereocenters. The van der Waals surface area contributed by atoms with Crippen molar-refractivity contribution in [2.24, 2.45) is 5.92 Å². The highest BCUT2D eigenvalue weighted by Crippen LogP contribution is 2.25. The van der Waals surface area contributed by atoms with Gasteiger partial charge >= 0.3 is 6.03 Å². The Balaban J connectivity index is 1.91. The third-order valence-corrected chi connectivity index (χ3v) is 3.50. The summed E-state index contributed by atoms with van der Waals surface area (Å²) in [6.45, 7) is 7.96. The lowest BCUT2D eigenvalue weighted by Gasteiger charge is -2.23. The summed E-state index contributed by atoms with van der Waals surface area (Å²) in [5.41, 5.74) is -0.785. The molecule has 1 aromatic heterocycles. The van der Waals surface area contributed by atoms with Gasteiger partial charge in [0, 0.05) is 13.0 Å². The Morgan fingerprint density at radius 2 is 2.10 bits per heavy atom. The lowest BCUT2D eigenvalue weighted by Crippen LogP contribution is -2.45. The maximum atomic E-state index is 12.4. The number of hydrogen-bond donors (Lipinski definition) is 1. The third kappa shape index (κ3) is 3.40. The fourth-order valence-corrected chi connectivity index (χ4v) is 2.73. The minimum Gasteiger partial charge on any atom is -0.339 e. The van der Waals surface area contributed by atoms with Gasteiger partial charge in [-0.25, -0.2) is 4.79 Å². The number of urea groups is 1. The lowest BCUT2D eigenvalue weighted by molar-refractivity contribution is -0.131. The summed E-state index contributed by atoms with van der Waals surface area (Å²) in [6, 6.07) is -0.315. The Morgan fingerprint density at radius 1 is 1.38 bits per heavy atom. The number of imide groups is 1. The van der Waals surface area contributed by atoms with E-state index in [9.17, 15) is 9.59 Å². The topological polar surface area (TPSA) is 88.3 Å². The molecule has 1 saturated heterocycles. The average molecular weight is 294 g/mol. The molecule has 1 aliphatic rings. The number of rotatable bonds is 6. The van der Waals surface area contributed by atoms with Crippen LogP contribution in [0.4, 0.5) is 4.79 Å². The Labute approximate surface area is 124 Å². The van der Waals surface area contributed by atoms with Gasteiger partial charge in [-0.2, -0.15) is 4.98 Å². The zero-order valence-electron chi connectivity index (χ0n) is 13.0. The minimum absolute atomic E-state index is 0.150. The van der Waals surface area contributed by atoms with Gasteiger partial charge in [0.15, 0.2) is 5.82 Å². The Bertz CT molecular complexity index is 540. The summed E-state index contributed by atoms with van der Waals surface area (Å²) < 4.78 is 5.01. The predicted molar refractivity (Wildman–Crippen MR) is 75.5 cm³/mol. The molecule has 21 heavy (non-hydrogen) atoms. The largest absolute Gasteiger partial charge is 0.339 e. The summed E-state index contributed by atoms with van der Waals surface area (Å²) in [6.07, 6.45) is 1.80. The van der Waals surface area contributed by atoms with Crippen molar-refractivity contribution < 1.29 is 14.1 Å². The molecule has 1 atom stereocenters. The van der Waals surface area contributed by atoms with Gasteiger partial charge in [0.1, 0.15) is 5.54 Å². The molecule has 3 amide bonds. The summed E-state index contributed by atoms with van der Waals surface area (Å²) in [5.74, 6) is 1.30. The summed E-state index contributed by atoms with van der Waals surface area (Å²) in [7, 11) is 0. The molecule has 0 bridgehead atoms. The van der Waals surface area contributed by atoms with Gasteiger partial charge in [-0.1, -0.05) is 19.0 Å². The van der Waals surface area contributed by atoms with Crippen molar-refractivity contribution in [1.82, 2.24) is 20.4 Å². The number of nitrogens with zero attached hydrogens (tertiary/aromatic N) is 3. The van der Waals surface area contributed by atoms with E-state index in [-0.39, 0.29) is 11.9 Å². The molecule has 1 N–H and O–H groups in total. The molecule has 0 radical (unpaired) electrons. The quantitative estimate of drug-likeness (QED) is 0.806. The molecule has 1 fully saturated rings. The first-order valence-electron chi connectivity index (χ1n) is 7.25. The fourth-order valence-electron chi connectivity index (χ4n) is 2.73. The Morgan fingerprint density at radius 3 is 2.67 bits per heavy atom. The van der Waals surface area contributed by atoms with Crippen LogP contribution in [-0.4, -0.2) is 39.1 Å². The number of aryl methyl sites for hydroxylation is 2. The molecule has 2 rings (SSSR count). The van der Waals surface area contributed by atoms with Crippen LogP contribution in [0, 0.1) is 12.8 Å². The van der Waals surface area contributed by atoms with E-state index in [1.54, 1.807) is 13.8 Å². The highest BCUT2D eigenvalue weighted by Gasteiger charge is 2.47. The molecule has 0 saturated carbocycles. The van der Waals surface area contributed by atoms with Gasteiger partial charge in [0.2, 0.25) is 5.89 Å². The second-order valence-corrected chi connectivity index (χ2v) is 6.16. The van der Waals surface area contributed by atoms with Crippen LogP contribution in [0.25, 0.3) is 0 Å². The highest BCUT2D eigenvalue weighted by molar-refractivity contribution is 6.06. The molecule has 0 aromatic carbocycles. The van der Waals surface area contributed by atoms with Crippen LogP contribution < -0.4 is 5.32 Å². The van der Waals surface area contributed by atoms with Crippen LogP contribution in [0.3, 0.4) is 0 Å². The van der Waals surface area contributed by atoms with Gasteiger partial charge in [-0.3, -0.25) is 9.69 Å². The van der Waals surface area contributed by atoms with Crippen molar-refractivity contribution in [1.29, 1.82) is 0 Å². The van der Waals surface area contributed by atoms with E-state index < -0.39 is 5.54 Å². The van der Waals surface area contributed by atoms with Crippen molar-refractivity contribution in [2.45, 2.75) is 52.5 Å². The van der Waals surface area contributed by atoms with E-state index in [0.717, 1.165) is 0 Å². The van der Waals surface area contributed by atoms with E-state index in [2.05, 4.69) is 15.5 Å². The molecular formula is C14H22N4O3. The normalized spacial score (nSPS) is 22.2. The molecular weight excluding hydrogens is 272 g/mol. The molecule has 7 heteroatoms.